The van der Waals surface area contributed by atoms with Crippen LogP contribution in [0.4, 0.5) is 5.69 Å². The fourth-order valence-electron chi connectivity index (χ4n) is 2.86. The Hall–Kier alpha value is -2.86. The Balaban J connectivity index is 1.69. The standard InChI is InChI=1S/C20H23N3O3/c1-22-10-12-23(13-11-22)20(25)16-5-3-4-15(14-16)19(24)21-17-6-8-18(26-2)9-7-17/h3-9,14H,10-13H2,1-2H3,(H,21,24). The molecule has 1 aliphatic heterocycles. The number of carbonyl (C=O) groups excluding carboxylic acids is 2. The van der Waals surface area contributed by atoms with E-state index in [4.69, 9.17) is 4.74 Å². The van der Waals surface area contributed by atoms with E-state index >= 15 is 0 Å². The lowest BCUT2D eigenvalue weighted by molar-refractivity contribution is 0.0664. The minimum Gasteiger partial charge on any atom is -0.497 e. The van der Waals surface area contributed by atoms with Crippen LogP contribution >= 0.6 is 0 Å². The number of ether oxygens (including phenoxy) is 1. The van der Waals surface area contributed by atoms with E-state index in [-0.39, 0.29) is 11.8 Å². The molecule has 0 aliphatic carbocycles. The molecule has 1 aliphatic rings. The van der Waals surface area contributed by atoms with E-state index in [1.807, 2.05) is 11.9 Å². The zero-order valence-corrected chi connectivity index (χ0v) is 15.1. The van der Waals surface area contributed by atoms with Crippen molar-refractivity contribution in [2.75, 3.05) is 45.7 Å². The number of hydrogen-bond acceptors (Lipinski definition) is 4. The van der Waals surface area contributed by atoms with E-state index in [0.29, 0.717) is 29.9 Å². The number of anilines is 1. The van der Waals surface area contributed by atoms with Gasteiger partial charge in [-0.15, -0.1) is 0 Å². The van der Waals surface area contributed by atoms with Crippen molar-refractivity contribution in [3.05, 3.63) is 59.7 Å². The number of hydrogen-bond donors (Lipinski definition) is 1. The van der Waals surface area contributed by atoms with Gasteiger partial charge in [0.1, 0.15) is 5.75 Å². The Morgan fingerprint density at radius 3 is 2.27 bits per heavy atom. The summed E-state index contributed by atoms with van der Waals surface area (Å²) in [5.41, 5.74) is 1.67. The highest BCUT2D eigenvalue weighted by Gasteiger charge is 2.21. The van der Waals surface area contributed by atoms with Gasteiger partial charge in [-0.25, -0.2) is 0 Å². The first kappa shape index (κ1) is 17.9. The average Bonchev–Trinajstić information content (AvgIpc) is 2.68. The topological polar surface area (TPSA) is 61.9 Å². The van der Waals surface area contributed by atoms with Crippen LogP contribution in [-0.4, -0.2) is 62.0 Å². The minimum atomic E-state index is -0.247. The summed E-state index contributed by atoms with van der Waals surface area (Å²) < 4.78 is 5.11. The van der Waals surface area contributed by atoms with Gasteiger partial charge in [-0.3, -0.25) is 9.59 Å². The summed E-state index contributed by atoms with van der Waals surface area (Å²) in [6.45, 7) is 3.14. The predicted octanol–water partition coefficient (Wildman–Crippen LogP) is 2.34. The third-order valence-corrected chi connectivity index (χ3v) is 4.51. The summed E-state index contributed by atoms with van der Waals surface area (Å²) in [7, 11) is 3.64. The van der Waals surface area contributed by atoms with Crippen LogP contribution in [0.25, 0.3) is 0 Å². The van der Waals surface area contributed by atoms with Crippen LogP contribution in [0.15, 0.2) is 48.5 Å². The van der Waals surface area contributed by atoms with Gasteiger partial charge >= 0.3 is 0 Å². The number of likely N-dealkylation sites (N-methyl/N-ethyl adjacent to an activating group) is 1. The van der Waals surface area contributed by atoms with Crippen LogP contribution in [0.1, 0.15) is 20.7 Å². The third-order valence-electron chi connectivity index (χ3n) is 4.51. The van der Waals surface area contributed by atoms with Crippen molar-refractivity contribution in [1.82, 2.24) is 9.80 Å². The molecule has 0 aromatic heterocycles. The molecule has 3 rings (SSSR count). The molecule has 2 amide bonds. The zero-order chi connectivity index (χ0) is 18.5. The van der Waals surface area contributed by atoms with Gasteiger partial charge in [0, 0.05) is 43.0 Å². The lowest BCUT2D eigenvalue weighted by Gasteiger charge is -2.32. The predicted molar refractivity (Wildman–Crippen MR) is 101 cm³/mol. The summed E-state index contributed by atoms with van der Waals surface area (Å²) in [5.74, 6) is 0.447. The summed E-state index contributed by atoms with van der Waals surface area (Å²) in [4.78, 5) is 29.2. The maximum Gasteiger partial charge on any atom is 0.255 e. The third kappa shape index (κ3) is 4.21. The zero-order valence-electron chi connectivity index (χ0n) is 15.1. The maximum absolute atomic E-state index is 12.7. The van der Waals surface area contributed by atoms with Crippen molar-refractivity contribution in [3.63, 3.8) is 0 Å². The number of nitrogens with zero attached hydrogens (tertiary/aromatic N) is 2. The van der Waals surface area contributed by atoms with E-state index < -0.39 is 0 Å². The molecule has 1 saturated heterocycles. The van der Waals surface area contributed by atoms with Crippen molar-refractivity contribution in [1.29, 1.82) is 0 Å². The van der Waals surface area contributed by atoms with Crippen molar-refractivity contribution in [2.45, 2.75) is 0 Å². The molecule has 0 spiro atoms. The number of nitrogens with one attached hydrogen (secondary N) is 1. The SMILES string of the molecule is COc1ccc(NC(=O)c2cccc(C(=O)N3CCN(C)CC3)c2)cc1. The van der Waals surface area contributed by atoms with Gasteiger partial charge in [0.05, 0.1) is 7.11 Å². The average molecular weight is 353 g/mol. The van der Waals surface area contributed by atoms with E-state index in [0.717, 1.165) is 18.8 Å². The second-order valence-corrected chi connectivity index (χ2v) is 6.36. The van der Waals surface area contributed by atoms with Crippen molar-refractivity contribution < 1.29 is 14.3 Å². The molecule has 1 heterocycles. The van der Waals surface area contributed by atoms with E-state index in [9.17, 15) is 9.59 Å². The van der Waals surface area contributed by atoms with Crippen LogP contribution < -0.4 is 10.1 Å². The van der Waals surface area contributed by atoms with Gasteiger partial charge < -0.3 is 19.9 Å². The Morgan fingerprint density at radius 1 is 0.962 bits per heavy atom. The Labute approximate surface area is 153 Å². The Kier molecular flexibility index (Phi) is 5.53. The Morgan fingerprint density at radius 2 is 1.62 bits per heavy atom. The number of benzene rings is 2. The molecular formula is C20H23N3O3. The summed E-state index contributed by atoms with van der Waals surface area (Å²) in [6.07, 6.45) is 0. The molecule has 0 bridgehead atoms. The van der Waals surface area contributed by atoms with Gasteiger partial charge in [-0.1, -0.05) is 6.07 Å². The van der Waals surface area contributed by atoms with E-state index in [2.05, 4.69) is 10.2 Å². The van der Waals surface area contributed by atoms with Crippen LogP contribution in [-0.2, 0) is 0 Å². The molecule has 0 atom stereocenters. The van der Waals surface area contributed by atoms with Crippen LogP contribution in [0.2, 0.25) is 0 Å². The molecular weight excluding hydrogens is 330 g/mol. The largest absolute Gasteiger partial charge is 0.497 e. The summed E-state index contributed by atoms with van der Waals surface area (Å²) >= 11 is 0. The second-order valence-electron chi connectivity index (χ2n) is 6.36. The fourth-order valence-corrected chi connectivity index (χ4v) is 2.86. The minimum absolute atomic E-state index is 0.0304. The molecule has 6 nitrogen and oxygen atoms in total. The molecule has 0 radical (unpaired) electrons. The van der Waals surface area contributed by atoms with Gasteiger partial charge in [-0.2, -0.15) is 0 Å². The van der Waals surface area contributed by atoms with Crippen molar-refractivity contribution >= 4 is 17.5 Å². The fraction of sp³-hybridized carbons (Fsp3) is 0.300. The molecule has 0 saturated carbocycles. The monoisotopic (exact) mass is 353 g/mol. The first-order valence-corrected chi connectivity index (χ1v) is 8.60. The number of piperazine rings is 1. The van der Waals surface area contributed by atoms with Crippen LogP contribution in [0.3, 0.4) is 0 Å². The number of amides is 2. The molecule has 6 heteroatoms. The Bertz CT molecular complexity index is 781. The lowest BCUT2D eigenvalue weighted by Crippen LogP contribution is -2.47. The lowest BCUT2D eigenvalue weighted by atomic mass is 10.1. The highest BCUT2D eigenvalue weighted by Crippen LogP contribution is 2.17. The number of methoxy groups -OCH3 is 1. The molecule has 0 unspecified atom stereocenters. The van der Waals surface area contributed by atoms with Gasteiger partial charge in [0.2, 0.25) is 0 Å². The molecule has 136 valence electrons. The van der Waals surface area contributed by atoms with Crippen molar-refractivity contribution in [3.8, 4) is 5.75 Å². The van der Waals surface area contributed by atoms with Gasteiger partial charge in [-0.05, 0) is 49.5 Å². The quantitative estimate of drug-likeness (QED) is 0.916. The maximum atomic E-state index is 12.7. The number of rotatable bonds is 4. The molecule has 1 fully saturated rings. The smallest absolute Gasteiger partial charge is 0.255 e. The normalized spacial score (nSPS) is 14.8. The van der Waals surface area contributed by atoms with Gasteiger partial charge in [0.15, 0.2) is 0 Å². The highest BCUT2D eigenvalue weighted by atomic mass is 16.5. The van der Waals surface area contributed by atoms with E-state index in [1.165, 1.54) is 0 Å². The molecule has 2 aromatic rings. The summed E-state index contributed by atoms with van der Waals surface area (Å²) in [5, 5.41) is 2.83. The second kappa shape index (κ2) is 8.01. The highest BCUT2D eigenvalue weighted by molar-refractivity contribution is 6.06. The number of carbonyl (C=O) groups is 2. The first-order valence-electron chi connectivity index (χ1n) is 8.60. The molecule has 26 heavy (non-hydrogen) atoms. The van der Waals surface area contributed by atoms with Crippen molar-refractivity contribution in [2.24, 2.45) is 0 Å². The van der Waals surface area contributed by atoms with Crippen LogP contribution in [0, 0.1) is 0 Å². The summed E-state index contributed by atoms with van der Waals surface area (Å²) in [6, 6.07) is 14.0. The first-order chi connectivity index (χ1) is 12.6. The van der Waals surface area contributed by atoms with E-state index in [1.54, 1.807) is 55.6 Å². The molecule has 1 N–H and O–H groups in total. The van der Waals surface area contributed by atoms with Gasteiger partial charge in [0.25, 0.3) is 11.8 Å². The van der Waals surface area contributed by atoms with Crippen LogP contribution in [0.5, 0.6) is 5.75 Å². The molecule has 2 aromatic carbocycles.